The molecule has 1 aliphatic heterocycles. The van der Waals surface area contributed by atoms with Crippen LogP contribution in [0.1, 0.15) is 24.5 Å². The standard InChI is InChI=1S/C14H17ClN2S.ClH/c1-2-11(9-16)18-14-12-6-8-17-7-5-10(12)3-4-13(14)15;/h3-4,11,17H,2,5-8H2,1H3;1H. The first-order valence-corrected chi connectivity index (χ1v) is 7.59. The van der Waals surface area contributed by atoms with Crippen LogP contribution in [0.15, 0.2) is 17.0 Å². The average molecular weight is 317 g/mol. The second-order valence-corrected chi connectivity index (χ2v) is 6.03. The van der Waals surface area contributed by atoms with E-state index in [1.807, 2.05) is 13.0 Å². The Hall–Kier alpha value is -0.400. The third-order valence-corrected chi connectivity index (χ3v) is 5.06. The van der Waals surface area contributed by atoms with Gasteiger partial charge in [0.05, 0.1) is 16.3 Å². The first kappa shape index (κ1) is 16.7. The van der Waals surface area contributed by atoms with Gasteiger partial charge in [-0.1, -0.05) is 24.6 Å². The molecule has 0 fully saturated rings. The molecule has 5 heteroatoms. The lowest BCUT2D eigenvalue weighted by Gasteiger charge is -2.15. The van der Waals surface area contributed by atoms with Gasteiger partial charge < -0.3 is 5.32 Å². The molecule has 0 bridgehead atoms. The zero-order chi connectivity index (χ0) is 13.0. The minimum atomic E-state index is -0.00906. The fourth-order valence-electron chi connectivity index (χ4n) is 2.18. The van der Waals surface area contributed by atoms with E-state index in [9.17, 15) is 0 Å². The van der Waals surface area contributed by atoms with Crippen LogP contribution in [0.4, 0.5) is 0 Å². The third kappa shape index (κ3) is 4.03. The predicted molar refractivity (Wildman–Crippen MR) is 84.5 cm³/mol. The van der Waals surface area contributed by atoms with Crippen LogP contribution in [0, 0.1) is 11.3 Å². The highest BCUT2D eigenvalue weighted by Gasteiger charge is 2.18. The van der Waals surface area contributed by atoms with E-state index in [0.717, 1.165) is 42.3 Å². The second kappa shape index (κ2) is 8.01. The molecule has 1 atom stereocenters. The molecule has 104 valence electrons. The van der Waals surface area contributed by atoms with Crippen LogP contribution in [0.5, 0.6) is 0 Å². The van der Waals surface area contributed by atoms with Crippen molar-refractivity contribution in [2.24, 2.45) is 0 Å². The van der Waals surface area contributed by atoms with Crippen LogP contribution < -0.4 is 5.32 Å². The van der Waals surface area contributed by atoms with E-state index in [4.69, 9.17) is 16.9 Å². The van der Waals surface area contributed by atoms with Gasteiger partial charge in [-0.2, -0.15) is 5.26 Å². The molecule has 19 heavy (non-hydrogen) atoms. The number of nitriles is 1. The van der Waals surface area contributed by atoms with Gasteiger partial charge in [-0.25, -0.2) is 0 Å². The molecule has 1 aromatic rings. The summed E-state index contributed by atoms with van der Waals surface area (Å²) in [6.45, 7) is 4.05. The van der Waals surface area contributed by atoms with Gasteiger partial charge in [-0.15, -0.1) is 24.2 Å². The number of nitrogens with zero attached hydrogens (tertiary/aromatic N) is 1. The molecule has 0 radical (unpaired) electrons. The quantitative estimate of drug-likeness (QED) is 0.860. The van der Waals surface area contributed by atoms with Crippen molar-refractivity contribution in [2.45, 2.75) is 36.3 Å². The van der Waals surface area contributed by atoms with E-state index in [2.05, 4.69) is 17.5 Å². The number of hydrogen-bond donors (Lipinski definition) is 1. The topological polar surface area (TPSA) is 35.8 Å². The van der Waals surface area contributed by atoms with Gasteiger partial charge in [0.2, 0.25) is 0 Å². The molecule has 2 rings (SSSR count). The van der Waals surface area contributed by atoms with Crippen molar-refractivity contribution >= 4 is 35.8 Å². The normalized spacial score (nSPS) is 15.6. The van der Waals surface area contributed by atoms with E-state index in [1.165, 1.54) is 11.1 Å². The molecule has 0 saturated heterocycles. The lowest BCUT2D eigenvalue weighted by Crippen LogP contribution is -2.16. The van der Waals surface area contributed by atoms with Crippen LogP contribution in [0.2, 0.25) is 5.02 Å². The van der Waals surface area contributed by atoms with Crippen LogP contribution in [0.25, 0.3) is 0 Å². The summed E-state index contributed by atoms with van der Waals surface area (Å²) in [4.78, 5) is 1.12. The van der Waals surface area contributed by atoms with Gasteiger partial charge >= 0.3 is 0 Å². The number of rotatable bonds is 3. The van der Waals surface area contributed by atoms with Crippen molar-refractivity contribution in [3.63, 3.8) is 0 Å². The summed E-state index contributed by atoms with van der Waals surface area (Å²) in [5, 5.41) is 13.3. The minimum absolute atomic E-state index is 0. The van der Waals surface area contributed by atoms with Crippen molar-refractivity contribution in [3.8, 4) is 6.07 Å². The molecule has 0 aromatic heterocycles. The van der Waals surface area contributed by atoms with Crippen molar-refractivity contribution in [3.05, 3.63) is 28.3 Å². The fourth-order valence-corrected chi connectivity index (χ4v) is 3.55. The molecule has 1 aliphatic rings. The number of thioether (sulfide) groups is 1. The lowest BCUT2D eigenvalue weighted by atomic mass is 10.0. The molecule has 1 heterocycles. The van der Waals surface area contributed by atoms with E-state index < -0.39 is 0 Å². The summed E-state index contributed by atoms with van der Waals surface area (Å²) in [6.07, 6.45) is 2.89. The summed E-state index contributed by atoms with van der Waals surface area (Å²) in [6, 6.07) is 6.44. The van der Waals surface area contributed by atoms with Crippen molar-refractivity contribution in [1.29, 1.82) is 5.26 Å². The summed E-state index contributed by atoms with van der Waals surface area (Å²) >= 11 is 7.94. The summed E-state index contributed by atoms with van der Waals surface area (Å²) in [5.74, 6) is 0. The Balaban J connectivity index is 0.00000180. The Labute approximate surface area is 130 Å². The molecule has 1 aromatic carbocycles. The highest BCUT2D eigenvalue weighted by Crippen LogP contribution is 2.37. The Morgan fingerprint density at radius 1 is 1.42 bits per heavy atom. The van der Waals surface area contributed by atoms with E-state index >= 15 is 0 Å². The molecular formula is C14H18Cl2N2S. The zero-order valence-electron chi connectivity index (χ0n) is 10.9. The lowest BCUT2D eigenvalue weighted by molar-refractivity contribution is 0.709. The smallest absolute Gasteiger partial charge is 0.0961 e. The van der Waals surface area contributed by atoms with Crippen LogP contribution in [0.3, 0.4) is 0 Å². The number of halogens is 2. The van der Waals surface area contributed by atoms with Crippen LogP contribution in [-0.4, -0.2) is 18.3 Å². The van der Waals surface area contributed by atoms with Crippen molar-refractivity contribution in [2.75, 3.05) is 13.1 Å². The SMILES string of the molecule is CCC(C#N)Sc1c(Cl)ccc2c1CCNCC2.Cl. The molecule has 0 aliphatic carbocycles. The Bertz CT molecular complexity index is 471. The molecule has 0 saturated carbocycles. The summed E-state index contributed by atoms with van der Waals surface area (Å²) in [7, 11) is 0. The fraction of sp³-hybridized carbons (Fsp3) is 0.500. The summed E-state index contributed by atoms with van der Waals surface area (Å²) < 4.78 is 0. The predicted octanol–water partition coefficient (Wildman–Crippen LogP) is 3.84. The Kier molecular flexibility index (Phi) is 7.02. The first-order chi connectivity index (χ1) is 8.76. The average Bonchev–Trinajstić information content (AvgIpc) is 2.63. The largest absolute Gasteiger partial charge is 0.316 e. The number of benzene rings is 1. The molecule has 0 amide bonds. The Morgan fingerprint density at radius 3 is 2.84 bits per heavy atom. The maximum atomic E-state index is 9.11. The van der Waals surface area contributed by atoms with E-state index in [1.54, 1.807) is 11.8 Å². The monoisotopic (exact) mass is 316 g/mol. The maximum Gasteiger partial charge on any atom is 0.0961 e. The zero-order valence-corrected chi connectivity index (χ0v) is 13.3. The van der Waals surface area contributed by atoms with Crippen molar-refractivity contribution < 1.29 is 0 Å². The molecule has 1 N–H and O–H groups in total. The number of fused-ring (bicyclic) bond motifs is 1. The second-order valence-electron chi connectivity index (χ2n) is 4.41. The Morgan fingerprint density at radius 2 is 2.16 bits per heavy atom. The highest BCUT2D eigenvalue weighted by molar-refractivity contribution is 8.00. The third-order valence-electron chi connectivity index (χ3n) is 3.21. The van der Waals surface area contributed by atoms with Gasteiger partial charge in [0, 0.05) is 4.90 Å². The highest BCUT2D eigenvalue weighted by atomic mass is 35.5. The molecular weight excluding hydrogens is 299 g/mol. The molecule has 1 unspecified atom stereocenters. The summed E-state index contributed by atoms with van der Waals surface area (Å²) in [5.41, 5.74) is 2.71. The van der Waals surface area contributed by atoms with Gasteiger partial charge in [0.25, 0.3) is 0 Å². The molecule has 2 nitrogen and oxygen atoms in total. The number of hydrogen-bond acceptors (Lipinski definition) is 3. The van der Waals surface area contributed by atoms with Crippen LogP contribution in [-0.2, 0) is 12.8 Å². The van der Waals surface area contributed by atoms with Gasteiger partial charge in [-0.05, 0) is 49.5 Å². The van der Waals surface area contributed by atoms with Gasteiger partial charge in [-0.3, -0.25) is 0 Å². The molecule has 0 spiro atoms. The number of nitrogens with one attached hydrogen (secondary N) is 1. The maximum absolute atomic E-state index is 9.11. The van der Waals surface area contributed by atoms with Crippen LogP contribution >= 0.6 is 35.8 Å². The van der Waals surface area contributed by atoms with E-state index in [0.29, 0.717) is 0 Å². The van der Waals surface area contributed by atoms with E-state index in [-0.39, 0.29) is 17.7 Å². The minimum Gasteiger partial charge on any atom is -0.316 e. The first-order valence-electron chi connectivity index (χ1n) is 6.33. The van der Waals surface area contributed by atoms with Crippen molar-refractivity contribution in [1.82, 2.24) is 5.32 Å². The van der Waals surface area contributed by atoms with Gasteiger partial charge in [0.15, 0.2) is 0 Å². The van der Waals surface area contributed by atoms with Gasteiger partial charge in [0.1, 0.15) is 0 Å².